The Morgan fingerprint density at radius 3 is 2.92 bits per heavy atom. The Labute approximate surface area is 141 Å². The number of rotatable bonds is 7. The largest absolute Gasteiger partial charge is 0.481 e. The third kappa shape index (κ3) is 4.52. The highest BCUT2D eigenvalue weighted by molar-refractivity contribution is 5.80. The van der Waals surface area contributed by atoms with E-state index >= 15 is 0 Å². The van der Waals surface area contributed by atoms with E-state index in [1.165, 1.54) is 0 Å². The molecule has 0 bridgehead atoms. The van der Waals surface area contributed by atoms with Gasteiger partial charge in [0, 0.05) is 25.7 Å². The first-order chi connectivity index (χ1) is 11.7. The monoisotopic (exact) mass is 336 g/mol. The summed E-state index contributed by atoms with van der Waals surface area (Å²) < 4.78 is 21.5. The minimum Gasteiger partial charge on any atom is -0.481 e. The highest BCUT2D eigenvalue weighted by Gasteiger charge is 2.18. The van der Waals surface area contributed by atoms with Gasteiger partial charge in [-0.2, -0.15) is 0 Å². The minimum atomic E-state index is -0.561. The summed E-state index contributed by atoms with van der Waals surface area (Å²) in [7, 11) is 0. The van der Waals surface area contributed by atoms with Gasteiger partial charge in [-0.15, -0.1) is 0 Å². The van der Waals surface area contributed by atoms with Crippen LogP contribution in [0.2, 0.25) is 0 Å². The van der Waals surface area contributed by atoms with E-state index in [1.807, 2.05) is 0 Å². The van der Waals surface area contributed by atoms with E-state index in [0.29, 0.717) is 23.8 Å². The van der Waals surface area contributed by atoms with E-state index < -0.39 is 6.10 Å². The molecule has 3 rings (SSSR count). The SMILES string of the molecule is CC(Oc1ccc2c(c1)OCO2)C(=O)NCCCN1CCOCC1. The van der Waals surface area contributed by atoms with Crippen molar-refractivity contribution in [3.63, 3.8) is 0 Å². The summed E-state index contributed by atoms with van der Waals surface area (Å²) >= 11 is 0. The summed E-state index contributed by atoms with van der Waals surface area (Å²) in [6.07, 6.45) is 0.358. The molecule has 1 amide bonds. The van der Waals surface area contributed by atoms with Crippen LogP contribution in [0.1, 0.15) is 13.3 Å². The van der Waals surface area contributed by atoms with Crippen LogP contribution < -0.4 is 19.5 Å². The summed E-state index contributed by atoms with van der Waals surface area (Å²) in [5.41, 5.74) is 0. The van der Waals surface area contributed by atoms with E-state index in [9.17, 15) is 4.79 Å². The molecule has 7 nitrogen and oxygen atoms in total. The molecule has 0 spiro atoms. The van der Waals surface area contributed by atoms with Crippen LogP contribution in [0.5, 0.6) is 17.2 Å². The Morgan fingerprint density at radius 1 is 1.29 bits per heavy atom. The maximum absolute atomic E-state index is 12.1. The molecule has 2 aliphatic rings. The fourth-order valence-corrected chi connectivity index (χ4v) is 2.69. The molecule has 1 N–H and O–H groups in total. The Morgan fingerprint density at radius 2 is 2.08 bits per heavy atom. The third-order valence-corrected chi connectivity index (χ3v) is 4.08. The number of nitrogens with one attached hydrogen (secondary N) is 1. The zero-order valence-electron chi connectivity index (χ0n) is 14.0. The first-order valence-corrected chi connectivity index (χ1v) is 8.36. The molecule has 1 atom stereocenters. The molecule has 1 saturated heterocycles. The lowest BCUT2D eigenvalue weighted by atomic mass is 10.3. The third-order valence-electron chi connectivity index (χ3n) is 4.08. The molecule has 1 aromatic carbocycles. The van der Waals surface area contributed by atoms with Crippen LogP contribution in [0, 0.1) is 0 Å². The smallest absolute Gasteiger partial charge is 0.260 e. The van der Waals surface area contributed by atoms with E-state index in [2.05, 4.69) is 10.2 Å². The van der Waals surface area contributed by atoms with Crippen LogP contribution in [0.4, 0.5) is 0 Å². The van der Waals surface area contributed by atoms with Gasteiger partial charge in [0.25, 0.3) is 5.91 Å². The second-order valence-electron chi connectivity index (χ2n) is 5.87. The summed E-state index contributed by atoms with van der Waals surface area (Å²) in [5, 5.41) is 2.92. The van der Waals surface area contributed by atoms with Crippen molar-refractivity contribution in [2.45, 2.75) is 19.4 Å². The van der Waals surface area contributed by atoms with Crippen molar-refractivity contribution >= 4 is 5.91 Å². The lowest BCUT2D eigenvalue weighted by molar-refractivity contribution is -0.127. The lowest BCUT2D eigenvalue weighted by Crippen LogP contribution is -2.40. The fourth-order valence-electron chi connectivity index (χ4n) is 2.69. The second-order valence-corrected chi connectivity index (χ2v) is 5.87. The zero-order valence-corrected chi connectivity index (χ0v) is 14.0. The molecule has 1 unspecified atom stereocenters. The van der Waals surface area contributed by atoms with Crippen molar-refractivity contribution in [3.8, 4) is 17.2 Å². The van der Waals surface area contributed by atoms with E-state index in [0.717, 1.165) is 39.3 Å². The average Bonchev–Trinajstić information content (AvgIpc) is 3.07. The van der Waals surface area contributed by atoms with Crippen molar-refractivity contribution in [1.29, 1.82) is 0 Å². The molecule has 0 aromatic heterocycles. The summed E-state index contributed by atoms with van der Waals surface area (Å²) in [6, 6.07) is 5.30. The lowest BCUT2D eigenvalue weighted by Gasteiger charge is -2.26. The summed E-state index contributed by atoms with van der Waals surface area (Å²) in [4.78, 5) is 14.5. The minimum absolute atomic E-state index is 0.116. The number of hydrogen-bond donors (Lipinski definition) is 1. The zero-order chi connectivity index (χ0) is 16.8. The Kier molecular flexibility index (Phi) is 5.77. The van der Waals surface area contributed by atoms with Crippen molar-refractivity contribution in [1.82, 2.24) is 10.2 Å². The second kappa shape index (κ2) is 8.21. The molecule has 0 aliphatic carbocycles. The molecule has 2 heterocycles. The van der Waals surface area contributed by atoms with Gasteiger partial charge in [0.15, 0.2) is 17.6 Å². The van der Waals surface area contributed by atoms with Crippen LogP contribution in [0.25, 0.3) is 0 Å². The van der Waals surface area contributed by atoms with Gasteiger partial charge in [-0.05, 0) is 32.0 Å². The van der Waals surface area contributed by atoms with Crippen LogP contribution in [0.3, 0.4) is 0 Å². The molecular formula is C17H24N2O5. The maximum Gasteiger partial charge on any atom is 0.260 e. The quantitative estimate of drug-likeness (QED) is 0.750. The molecule has 1 fully saturated rings. The van der Waals surface area contributed by atoms with Crippen LogP contribution >= 0.6 is 0 Å². The predicted molar refractivity (Wildman–Crippen MR) is 87.5 cm³/mol. The topological polar surface area (TPSA) is 69.3 Å². The molecule has 7 heteroatoms. The van der Waals surface area contributed by atoms with Crippen molar-refractivity contribution in [3.05, 3.63) is 18.2 Å². The molecule has 0 saturated carbocycles. The van der Waals surface area contributed by atoms with Gasteiger partial charge in [-0.3, -0.25) is 9.69 Å². The number of morpholine rings is 1. The van der Waals surface area contributed by atoms with Gasteiger partial charge < -0.3 is 24.3 Å². The van der Waals surface area contributed by atoms with Crippen molar-refractivity contribution < 1.29 is 23.7 Å². The Balaban J connectivity index is 1.37. The number of carbonyl (C=O) groups excluding carboxylic acids is 1. The van der Waals surface area contributed by atoms with Gasteiger partial charge in [-0.25, -0.2) is 0 Å². The molecule has 1 aromatic rings. The van der Waals surface area contributed by atoms with Gasteiger partial charge in [0.2, 0.25) is 6.79 Å². The van der Waals surface area contributed by atoms with Crippen LogP contribution in [-0.4, -0.2) is 63.1 Å². The number of fused-ring (bicyclic) bond motifs is 1. The number of hydrogen-bond acceptors (Lipinski definition) is 6. The first-order valence-electron chi connectivity index (χ1n) is 8.36. The number of benzene rings is 1. The van der Waals surface area contributed by atoms with Gasteiger partial charge in [-0.1, -0.05) is 0 Å². The number of carbonyl (C=O) groups is 1. The van der Waals surface area contributed by atoms with Gasteiger partial charge in [0.05, 0.1) is 13.2 Å². The summed E-state index contributed by atoms with van der Waals surface area (Å²) in [5.74, 6) is 1.82. The van der Waals surface area contributed by atoms with E-state index in [4.69, 9.17) is 18.9 Å². The normalized spacial score (nSPS) is 18.2. The number of nitrogens with zero attached hydrogens (tertiary/aromatic N) is 1. The maximum atomic E-state index is 12.1. The van der Waals surface area contributed by atoms with E-state index in [-0.39, 0.29) is 12.7 Å². The molecule has 132 valence electrons. The average molecular weight is 336 g/mol. The first kappa shape index (κ1) is 16.9. The van der Waals surface area contributed by atoms with Crippen LogP contribution in [-0.2, 0) is 9.53 Å². The summed E-state index contributed by atoms with van der Waals surface area (Å²) in [6.45, 7) is 7.11. The number of amides is 1. The Hall–Kier alpha value is -1.99. The molecule has 24 heavy (non-hydrogen) atoms. The van der Waals surface area contributed by atoms with Crippen LogP contribution in [0.15, 0.2) is 18.2 Å². The highest BCUT2D eigenvalue weighted by atomic mass is 16.7. The Bertz CT molecular complexity index is 560. The molecule has 2 aliphatic heterocycles. The van der Waals surface area contributed by atoms with Crippen molar-refractivity contribution in [2.75, 3.05) is 46.2 Å². The van der Waals surface area contributed by atoms with Gasteiger partial charge in [0.1, 0.15) is 5.75 Å². The highest BCUT2D eigenvalue weighted by Crippen LogP contribution is 2.35. The van der Waals surface area contributed by atoms with E-state index in [1.54, 1.807) is 25.1 Å². The van der Waals surface area contributed by atoms with Gasteiger partial charge >= 0.3 is 0 Å². The fraction of sp³-hybridized carbons (Fsp3) is 0.588. The molecule has 0 radical (unpaired) electrons. The predicted octanol–water partition coefficient (Wildman–Crippen LogP) is 1.02. The standard InChI is InChI=1S/C17H24N2O5/c1-13(24-14-3-4-15-16(11-14)23-12-22-15)17(20)18-5-2-6-19-7-9-21-10-8-19/h3-4,11,13H,2,5-10,12H2,1H3,(H,18,20). The molecular weight excluding hydrogens is 312 g/mol. The number of ether oxygens (including phenoxy) is 4. The van der Waals surface area contributed by atoms with Crippen molar-refractivity contribution in [2.24, 2.45) is 0 Å².